The van der Waals surface area contributed by atoms with Gasteiger partial charge in [0.1, 0.15) is 0 Å². The number of carboxylic acids is 2. The molecule has 9 nitrogen and oxygen atoms in total. The van der Waals surface area contributed by atoms with Crippen molar-refractivity contribution in [2.24, 2.45) is 14.1 Å². The highest BCUT2D eigenvalue weighted by Crippen LogP contribution is 2.42. The maximum absolute atomic E-state index is 11.9. The van der Waals surface area contributed by atoms with Gasteiger partial charge in [-0.2, -0.15) is 0 Å². The van der Waals surface area contributed by atoms with Gasteiger partial charge in [0, 0.05) is 67.0 Å². The number of carbonyl (C=O) groups is 2. The number of aromatic nitrogens is 4. The molecule has 0 amide bonds. The lowest BCUT2D eigenvalue weighted by atomic mass is 9.95. The Balaban J connectivity index is 0.000000160. The molecule has 2 saturated carbocycles. The zero-order valence-electron chi connectivity index (χ0n) is 30.5. The monoisotopic (exact) mass is 791 g/mol. The number of fused-ring (bicyclic) bond motifs is 2. The highest BCUT2D eigenvalue weighted by molar-refractivity contribution is 9.10. The third-order valence-corrected chi connectivity index (χ3v) is 11.2. The van der Waals surface area contributed by atoms with Gasteiger partial charge >= 0.3 is 11.9 Å². The molecule has 3 aromatic carbocycles. The van der Waals surface area contributed by atoms with Crippen LogP contribution in [0.15, 0.2) is 102 Å². The summed E-state index contributed by atoms with van der Waals surface area (Å²) in [6.45, 7) is 7.57. The predicted molar refractivity (Wildman–Crippen MR) is 217 cm³/mol. The van der Waals surface area contributed by atoms with Gasteiger partial charge in [0.05, 0.1) is 40.1 Å². The number of rotatable bonds is 9. The zero-order valence-corrected chi connectivity index (χ0v) is 32.0. The SMILES string of the molecule is Cn1ccc2cc(Cc3ncc(C4CC4)cc3C(=O)O)cc(Br)c21.[C-]#[N+]c1ccccc1-c1cc(Cc2ncc(C3CC3)cc2C(=O)O)cc2ccn(C)c12. The van der Waals surface area contributed by atoms with Crippen molar-refractivity contribution in [1.82, 2.24) is 19.1 Å². The number of aryl methyl sites for hydroxylation is 2. The van der Waals surface area contributed by atoms with Crippen molar-refractivity contribution < 1.29 is 19.8 Å². The van der Waals surface area contributed by atoms with Gasteiger partial charge in [0.2, 0.25) is 0 Å². The van der Waals surface area contributed by atoms with E-state index in [9.17, 15) is 19.8 Å². The highest BCUT2D eigenvalue weighted by atomic mass is 79.9. The summed E-state index contributed by atoms with van der Waals surface area (Å²) in [4.78, 5) is 36.3. The molecule has 7 aromatic rings. The molecule has 0 radical (unpaired) electrons. The smallest absolute Gasteiger partial charge is 0.337 e. The molecule has 2 aliphatic rings. The van der Waals surface area contributed by atoms with Crippen LogP contribution in [0.4, 0.5) is 5.69 Å². The van der Waals surface area contributed by atoms with E-state index in [0.717, 1.165) is 85.3 Å². The van der Waals surface area contributed by atoms with Crippen LogP contribution in [0.2, 0.25) is 0 Å². The molecule has 0 atom stereocenters. The average molecular weight is 793 g/mol. The number of hydrogen-bond donors (Lipinski definition) is 2. The molecular formula is C45H38BrN5O4. The Morgan fingerprint density at radius 3 is 1.76 bits per heavy atom. The van der Waals surface area contributed by atoms with E-state index in [1.807, 2.05) is 75.3 Å². The van der Waals surface area contributed by atoms with Crippen LogP contribution in [-0.2, 0) is 26.9 Å². The van der Waals surface area contributed by atoms with Gasteiger partial charge in [-0.25, -0.2) is 14.4 Å². The molecule has 274 valence electrons. The summed E-state index contributed by atoms with van der Waals surface area (Å²) in [7, 11) is 4.00. The Hall–Kier alpha value is -6.05. The number of halogens is 1. The lowest BCUT2D eigenvalue weighted by molar-refractivity contribution is 0.0684. The number of benzene rings is 3. The minimum atomic E-state index is -0.940. The third-order valence-electron chi connectivity index (χ3n) is 10.6. The van der Waals surface area contributed by atoms with Gasteiger partial charge in [-0.1, -0.05) is 24.3 Å². The second-order valence-corrected chi connectivity index (χ2v) is 15.5. The lowest BCUT2D eigenvalue weighted by Crippen LogP contribution is -2.07. The fourth-order valence-electron chi connectivity index (χ4n) is 7.50. The molecule has 2 aliphatic carbocycles. The molecule has 2 fully saturated rings. The molecule has 2 N–H and O–H groups in total. The molecule has 4 aromatic heterocycles. The molecule has 10 heteroatoms. The molecule has 9 rings (SSSR count). The first-order chi connectivity index (χ1) is 26.6. The Morgan fingerprint density at radius 1 is 0.727 bits per heavy atom. The number of hydrogen-bond acceptors (Lipinski definition) is 4. The molecule has 55 heavy (non-hydrogen) atoms. The van der Waals surface area contributed by atoms with E-state index in [2.05, 4.69) is 64.1 Å². The van der Waals surface area contributed by atoms with Gasteiger partial charge in [0.15, 0.2) is 5.69 Å². The second kappa shape index (κ2) is 14.6. The van der Waals surface area contributed by atoms with E-state index in [1.165, 1.54) is 0 Å². The van der Waals surface area contributed by atoms with E-state index in [4.69, 9.17) is 6.57 Å². The average Bonchev–Trinajstić information content (AvgIpc) is 4.12. The highest BCUT2D eigenvalue weighted by Gasteiger charge is 2.27. The topological polar surface area (TPSA) is 115 Å². The predicted octanol–water partition coefficient (Wildman–Crippen LogP) is 10.5. The summed E-state index contributed by atoms with van der Waals surface area (Å²) in [6, 6.07) is 23.6. The zero-order chi connectivity index (χ0) is 38.4. The maximum Gasteiger partial charge on any atom is 0.337 e. The number of carboxylic acid groups (broad SMARTS) is 2. The fraction of sp³-hybridized carbons (Fsp3) is 0.222. The maximum atomic E-state index is 11.9. The minimum Gasteiger partial charge on any atom is -0.478 e. The van der Waals surface area contributed by atoms with Gasteiger partial charge in [-0.3, -0.25) is 9.97 Å². The Kier molecular flexibility index (Phi) is 9.57. The Morgan fingerprint density at radius 2 is 1.24 bits per heavy atom. The Labute approximate surface area is 326 Å². The van der Waals surface area contributed by atoms with Gasteiger partial charge in [-0.15, -0.1) is 0 Å². The molecule has 0 bridgehead atoms. The van der Waals surface area contributed by atoms with Crippen LogP contribution < -0.4 is 0 Å². The van der Waals surface area contributed by atoms with Crippen molar-refractivity contribution in [3.63, 3.8) is 0 Å². The molecule has 4 heterocycles. The number of nitrogens with zero attached hydrogens (tertiary/aromatic N) is 5. The summed E-state index contributed by atoms with van der Waals surface area (Å²) in [6.07, 6.45) is 13.1. The van der Waals surface area contributed by atoms with Gasteiger partial charge in [-0.05, 0) is 135 Å². The molecule has 0 saturated heterocycles. The largest absolute Gasteiger partial charge is 0.478 e. The first-order valence-electron chi connectivity index (χ1n) is 18.3. The quantitative estimate of drug-likeness (QED) is 0.141. The summed E-state index contributed by atoms with van der Waals surface area (Å²) in [5.41, 5.74) is 10.5. The van der Waals surface area contributed by atoms with E-state index in [0.29, 0.717) is 47.3 Å². The number of aromatic carboxylic acids is 2. The van der Waals surface area contributed by atoms with Crippen LogP contribution >= 0.6 is 15.9 Å². The summed E-state index contributed by atoms with van der Waals surface area (Å²) in [5, 5.41) is 21.5. The summed E-state index contributed by atoms with van der Waals surface area (Å²) < 4.78 is 5.13. The van der Waals surface area contributed by atoms with Crippen molar-refractivity contribution >= 4 is 55.4 Å². The van der Waals surface area contributed by atoms with Crippen LogP contribution in [0, 0.1) is 6.57 Å². The lowest BCUT2D eigenvalue weighted by Gasteiger charge is -2.13. The molecule has 0 unspecified atom stereocenters. The van der Waals surface area contributed by atoms with Crippen LogP contribution in [-0.4, -0.2) is 41.3 Å². The summed E-state index contributed by atoms with van der Waals surface area (Å²) in [5.74, 6) is -0.888. The minimum absolute atomic E-state index is 0.278. The molecular weight excluding hydrogens is 754 g/mol. The van der Waals surface area contributed by atoms with Crippen LogP contribution in [0.1, 0.15) is 91.9 Å². The van der Waals surface area contributed by atoms with Gasteiger partial charge < -0.3 is 19.3 Å². The molecule has 0 aliphatic heterocycles. The van der Waals surface area contributed by atoms with Gasteiger partial charge in [0.25, 0.3) is 0 Å². The molecule has 0 spiro atoms. The van der Waals surface area contributed by atoms with Crippen LogP contribution in [0.25, 0.3) is 37.8 Å². The van der Waals surface area contributed by atoms with Crippen LogP contribution in [0.5, 0.6) is 0 Å². The van der Waals surface area contributed by atoms with Crippen LogP contribution in [0.3, 0.4) is 0 Å². The standard InChI is InChI=1S/C26H21N3O2.C19H17BrN2O2/c1-27-23-6-4-3-5-20(23)21-12-16(11-18-9-10-29(2)25(18)21)13-24-22(26(30)31)14-19(15-28-24)17-7-8-17;1-22-5-4-13-6-11(7-16(20)18(13)22)8-17-15(19(23)24)9-14(10-21-17)12-2-3-12/h3-6,9-12,14-15,17H,7-8,13H2,2H3,(H,30,31);4-7,9-10,12H,2-3,8H2,1H3,(H,23,24). The van der Waals surface area contributed by atoms with Crippen molar-refractivity contribution in [1.29, 1.82) is 0 Å². The Bertz CT molecular complexity index is 2700. The second-order valence-electron chi connectivity index (χ2n) is 14.6. The first-order valence-corrected chi connectivity index (χ1v) is 19.1. The van der Waals surface area contributed by atoms with E-state index in [1.54, 1.807) is 12.1 Å². The summed E-state index contributed by atoms with van der Waals surface area (Å²) >= 11 is 3.62. The van der Waals surface area contributed by atoms with Crippen molar-refractivity contribution in [2.45, 2.75) is 50.4 Å². The van der Waals surface area contributed by atoms with Crippen molar-refractivity contribution in [3.05, 3.63) is 158 Å². The fourth-order valence-corrected chi connectivity index (χ4v) is 8.30. The van der Waals surface area contributed by atoms with E-state index >= 15 is 0 Å². The van der Waals surface area contributed by atoms with Crippen molar-refractivity contribution in [2.75, 3.05) is 0 Å². The first kappa shape index (κ1) is 36.0. The normalized spacial score (nSPS) is 13.7. The van der Waals surface area contributed by atoms with E-state index < -0.39 is 11.9 Å². The number of pyridine rings is 2. The third kappa shape index (κ3) is 7.40. The van der Waals surface area contributed by atoms with Crippen molar-refractivity contribution in [3.8, 4) is 11.1 Å². The number of para-hydroxylation sites is 1. The van der Waals surface area contributed by atoms with E-state index in [-0.39, 0.29) is 5.56 Å².